The zero-order chi connectivity index (χ0) is 21.3. The molecule has 3 aromatic rings. The summed E-state index contributed by atoms with van der Waals surface area (Å²) in [7, 11) is 0. The summed E-state index contributed by atoms with van der Waals surface area (Å²) >= 11 is 0. The van der Waals surface area contributed by atoms with Crippen molar-refractivity contribution in [2.75, 3.05) is 0 Å². The highest BCUT2D eigenvalue weighted by molar-refractivity contribution is 5.99. The summed E-state index contributed by atoms with van der Waals surface area (Å²) in [6.07, 6.45) is 2.86. The molecule has 2 aromatic heterocycles. The average Bonchev–Trinajstić information content (AvgIpc) is 3.03. The van der Waals surface area contributed by atoms with E-state index in [4.69, 9.17) is 8.83 Å². The molecule has 1 amide bonds. The standard InChI is InChI=1S/C22H25NO6/c1-5-6-17(21(25)26)23-18(24)8-7-14-12(3)16-9-15-11(2)10-28-19(15)13(4)20(16)29-22(14)27/h9-10,17H,5-8H2,1-4H3,(H,23,24)(H,25,26). The van der Waals surface area contributed by atoms with Crippen LogP contribution in [0, 0.1) is 20.8 Å². The van der Waals surface area contributed by atoms with E-state index in [2.05, 4.69) is 5.32 Å². The van der Waals surface area contributed by atoms with Crippen LogP contribution in [-0.4, -0.2) is 23.0 Å². The van der Waals surface area contributed by atoms with Gasteiger partial charge in [0.2, 0.25) is 5.91 Å². The van der Waals surface area contributed by atoms with Crippen LogP contribution < -0.4 is 10.9 Å². The van der Waals surface area contributed by atoms with Crippen LogP contribution in [0.2, 0.25) is 0 Å². The van der Waals surface area contributed by atoms with Crippen LogP contribution in [0.15, 0.2) is 26.0 Å². The molecular formula is C22H25NO6. The molecule has 0 saturated carbocycles. The van der Waals surface area contributed by atoms with E-state index in [0.717, 1.165) is 27.5 Å². The number of aryl methyl sites for hydroxylation is 3. The largest absolute Gasteiger partial charge is 0.480 e. The molecular weight excluding hydrogens is 374 g/mol. The number of amides is 1. The van der Waals surface area contributed by atoms with Gasteiger partial charge >= 0.3 is 11.6 Å². The first-order valence-corrected chi connectivity index (χ1v) is 9.70. The molecule has 1 atom stereocenters. The van der Waals surface area contributed by atoms with Gasteiger partial charge in [0.15, 0.2) is 0 Å². The molecule has 1 aromatic carbocycles. The van der Waals surface area contributed by atoms with Crippen molar-refractivity contribution in [2.24, 2.45) is 0 Å². The normalized spacial score (nSPS) is 12.4. The van der Waals surface area contributed by atoms with E-state index in [1.807, 2.05) is 33.8 Å². The third kappa shape index (κ3) is 3.90. The third-order valence-electron chi connectivity index (χ3n) is 5.35. The molecule has 0 spiro atoms. The first-order chi connectivity index (χ1) is 13.7. The number of carbonyl (C=O) groups is 2. The van der Waals surface area contributed by atoms with E-state index in [-0.39, 0.29) is 12.8 Å². The zero-order valence-corrected chi connectivity index (χ0v) is 17.0. The number of nitrogens with one attached hydrogen (secondary N) is 1. The van der Waals surface area contributed by atoms with Crippen LogP contribution in [0.4, 0.5) is 0 Å². The molecule has 0 fully saturated rings. The van der Waals surface area contributed by atoms with Gasteiger partial charge in [0.25, 0.3) is 0 Å². The first kappa shape index (κ1) is 20.6. The van der Waals surface area contributed by atoms with Gasteiger partial charge in [-0.15, -0.1) is 0 Å². The SMILES string of the molecule is CCCC(NC(=O)CCc1c(C)c2cc3c(C)coc3c(C)c2oc1=O)C(=O)O. The Morgan fingerprint density at radius 1 is 1.14 bits per heavy atom. The summed E-state index contributed by atoms with van der Waals surface area (Å²) in [4.78, 5) is 36.0. The number of aliphatic carboxylic acids is 1. The summed E-state index contributed by atoms with van der Waals surface area (Å²) in [5.74, 6) is -1.46. The number of fused-ring (bicyclic) bond motifs is 2. The van der Waals surface area contributed by atoms with E-state index in [0.29, 0.717) is 29.6 Å². The lowest BCUT2D eigenvalue weighted by atomic mass is 9.98. The molecule has 29 heavy (non-hydrogen) atoms. The summed E-state index contributed by atoms with van der Waals surface area (Å²) in [6, 6.07) is 1.03. The van der Waals surface area contributed by atoms with E-state index < -0.39 is 23.5 Å². The van der Waals surface area contributed by atoms with Gasteiger partial charge in [-0.2, -0.15) is 0 Å². The van der Waals surface area contributed by atoms with Gasteiger partial charge < -0.3 is 19.3 Å². The summed E-state index contributed by atoms with van der Waals surface area (Å²) in [5, 5.41) is 13.5. The summed E-state index contributed by atoms with van der Waals surface area (Å²) in [6.45, 7) is 7.49. The molecule has 0 bridgehead atoms. The van der Waals surface area contributed by atoms with Crippen LogP contribution in [0.3, 0.4) is 0 Å². The van der Waals surface area contributed by atoms with Crippen molar-refractivity contribution in [2.45, 2.75) is 59.4 Å². The van der Waals surface area contributed by atoms with E-state index >= 15 is 0 Å². The summed E-state index contributed by atoms with van der Waals surface area (Å²) in [5.41, 5.74) is 3.63. The van der Waals surface area contributed by atoms with Crippen LogP contribution >= 0.6 is 0 Å². The lowest BCUT2D eigenvalue weighted by Gasteiger charge is -2.14. The number of rotatable bonds is 7. The number of carboxylic acids is 1. The lowest BCUT2D eigenvalue weighted by molar-refractivity contribution is -0.142. The van der Waals surface area contributed by atoms with Crippen molar-refractivity contribution in [3.63, 3.8) is 0 Å². The van der Waals surface area contributed by atoms with E-state index in [1.54, 1.807) is 6.26 Å². The van der Waals surface area contributed by atoms with Crippen molar-refractivity contribution < 1.29 is 23.5 Å². The Kier molecular flexibility index (Phi) is 5.77. The maximum Gasteiger partial charge on any atom is 0.339 e. The van der Waals surface area contributed by atoms with Crippen molar-refractivity contribution in [3.05, 3.63) is 45.0 Å². The molecule has 0 radical (unpaired) electrons. The molecule has 7 nitrogen and oxygen atoms in total. The summed E-state index contributed by atoms with van der Waals surface area (Å²) < 4.78 is 11.2. The van der Waals surface area contributed by atoms with Crippen molar-refractivity contribution in [1.82, 2.24) is 5.32 Å². The molecule has 0 aliphatic carbocycles. The van der Waals surface area contributed by atoms with Gasteiger partial charge in [-0.25, -0.2) is 9.59 Å². The van der Waals surface area contributed by atoms with Gasteiger partial charge in [0, 0.05) is 28.3 Å². The topological polar surface area (TPSA) is 110 Å². The van der Waals surface area contributed by atoms with Crippen molar-refractivity contribution in [3.8, 4) is 0 Å². The monoisotopic (exact) mass is 399 g/mol. The van der Waals surface area contributed by atoms with Gasteiger partial charge in [0.05, 0.1) is 6.26 Å². The molecule has 2 heterocycles. The van der Waals surface area contributed by atoms with Gasteiger partial charge in [-0.3, -0.25) is 4.79 Å². The van der Waals surface area contributed by atoms with Crippen molar-refractivity contribution >= 4 is 33.8 Å². The second-order valence-electron chi connectivity index (χ2n) is 7.41. The van der Waals surface area contributed by atoms with Gasteiger partial charge in [-0.05, 0) is 50.8 Å². The van der Waals surface area contributed by atoms with Gasteiger partial charge in [-0.1, -0.05) is 13.3 Å². The quantitative estimate of drug-likeness (QED) is 0.585. The maximum atomic E-state index is 12.6. The number of carboxylic acid groups (broad SMARTS) is 1. The number of hydrogen-bond donors (Lipinski definition) is 2. The van der Waals surface area contributed by atoms with E-state index in [1.165, 1.54) is 0 Å². The lowest BCUT2D eigenvalue weighted by Crippen LogP contribution is -2.40. The molecule has 0 aliphatic rings. The number of hydrogen-bond acceptors (Lipinski definition) is 5. The maximum absolute atomic E-state index is 12.6. The number of furan rings is 1. The fourth-order valence-electron chi connectivity index (χ4n) is 3.66. The predicted octanol–water partition coefficient (Wildman–Crippen LogP) is 3.77. The van der Waals surface area contributed by atoms with Crippen LogP contribution in [-0.2, 0) is 16.0 Å². The molecule has 7 heteroatoms. The molecule has 1 unspecified atom stereocenters. The second kappa shape index (κ2) is 8.11. The minimum Gasteiger partial charge on any atom is -0.480 e. The fourth-order valence-corrected chi connectivity index (χ4v) is 3.66. The molecule has 2 N–H and O–H groups in total. The Morgan fingerprint density at radius 3 is 2.52 bits per heavy atom. The second-order valence-corrected chi connectivity index (χ2v) is 7.41. The fraction of sp³-hybridized carbons (Fsp3) is 0.409. The Balaban J connectivity index is 1.91. The minimum atomic E-state index is -1.06. The highest BCUT2D eigenvalue weighted by Gasteiger charge is 2.21. The number of carbonyl (C=O) groups excluding carboxylic acids is 1. The highest BCUT2D eigenvalue weighted by atomic mass is 16.4. The Morgan fingerprint density at radius 2 is 1.86 bits per heavy atom. The molecule has 154 valence electrons. The Bertz CT molecular complexity index is 1150. The first-order valence-electron chi connectivity index (χ1n) is 9.70. The predicted molar refractivity (Wildman–Crippen MR) is 109 cm³/mol. The average molecular weight is 399 g/mol. The van der Waals surface area contributed by atoms with E-state index in [9.17, 15) is 19.5 Å². The van der Waals surface area contributed by atoms with Crippen molar-refractivity contribution in [1.29, 1.82) is 0 Å². The molecule has 3 rings (SSSR count). The highest BCUT2D eigenvalue weighted by Crippen LogP contribution is 2.32. The Labute approximate surface area is 167 Å². The van der Waals surface area contributed by atoms with Crippen LogP contribution in [0.25, 0.3) is 21.9 Å². The molecule has 0 aliphatic heterocycles. The smallest absolute Gasteiger partial charge is 0.339 e. The number of benzene rings is 1. The molecule has 0 saturated heterocycles. The minimum absolute atomic E-state index is 0.0105. The zero-order valence-electron chi connectivity index (χ0n) is 17.0. The Hall–Kier alpha value is -3.09. The van der Waals surface area contributed by atoms with Crippen LogP contribution in [0.5, 0.6) is 0 Å². The third-order valence-corrected chi connectivity index (χ3v) is 5.35. The van der Waals surface area contributed by atoms with Crippen LogP contribution in [0.1, 0.15) is 48.4 Å². The van der Waals surface area contributed by atoms with Gasteiger partial charge in [0.1, 0.15) is 17.2 Å².